The van der Waals surface area contributed by atoms with E-state index in [0.717, 1.165) is 19.3 Å². The Bertz CT molecular complexity index is 388. The zero-order chi connectivity index (χ0) is 13.0. The van der Waals surface area contributed by atoms with Crippen LogP contribution in [0.25, 0.3) is 0 Å². The van der Waals surface area contributed by atoms with Gasteiger partial charge in [-0.3, -0.25) is 4.79 Å². The van der Waals surface area contributed by atoms with Gasteiger partial charge in [0.05, 0.1) is 6.61 Å². The number of ketones is 1. The van der Waals surface area contributed by atoms with Crippen LogP contribution in [0.1, 0.15) is 45.4 Å². The third-order valence-electron chi connectivity index (χ3n) is 4.10. The Morgan fingerprint density at radius 3 is 3.06 bits per heavy atom. The molecule has 0 aromatic heterocycles. The lowest BCUT2D eigenvalue weighted by atomic mass is 9.64. The molecule has 0 spiro atoms. The van der Waals surface area contributed by atoms with Gasteiger partial charge in [-0.15, -0.1) is 0 Å². The average molecular weight is 248 g/mol. The van der Waals surface area contributed by atoms with Crippen molar-refractivity contribution >= 4 is 11.8 Å². The van der Waals surface area contributed by atoms with Gasteiger partial charge < -0.3 is 4.74 Å². The number of rotatable bonds is 4. The molecule has 2 aliphatic rings. The van der Waals surface area contributed by atoms with E-state index in [9.17, 15) is 9.59 Å². The minimum Gasteiger partial charge on any atom is -0.456 e. The van der Waals surface area contributed by atoms with Crippen LogP contribution >= 0.6 is 0 Å². The minimum atomic E-state index is -0.451. The van der Waals surface area contributed by atoms with Crippen molar-refractivity contribution in [2.45, 2.75) is 45.4 Å². The molecule has 98 valence electrons. The fourth-order valence-corrected chi connectivity index (χ4v) is 3.26. The van der Waals surface area contributed by atoms with E-state index in [1.54, 1.807) is 6.92 Å². The molecule has 2 fully saturated rings. The molecule has 0 saturated heterocycles. The number of unbranched alkanes of at least 4 members (excludes halogenated alkanes) is 1. The summed E-state index contributed by atoms with van der Waals surface area (Å²) in [6.07, 6.45) is 6.10. The van der Waals surface area contributed by atoms with Gasteiger partial charge in [0, 0.05) is 24.2 Å². The highest BCUT2D eigenvalue weighted by molar-refractivity contribution is 5.90. The third kappa shape index (κ3) is 2.75. The lowest BCUT2D eigenvalue weighted by Crippen LogP contribution is -2.44. The monoisotopic (exact) mass is 248 g/mol. The van der Waals surface area contributed by atoms with E-state index in [0.29, 0.717) is 36.6 Å². The standard InChI is InChI=1S/C15H20O3/c1-2-18-14(16)10-5-3-4-7-12-11-8-6-9-13(11)15(12)17/h11-13H,2-4,6-9H2,1H3/t11-,12?,13-/m0/s1. The van der Waals surface area contributed by atoms with Crippen LogP contribution in [0.4, 0.5) is 0 Å². The van der Waals surface area contributed by atoms with Crippen molar-refractivity contribution in [2.75, 3.05) is 6.61 Å². The second-order valence-electron chi connectivity index (χ2n) is 5.12. The van der Waals surface area contributed by atoms with Gasteiger partial charge in [-0.25, -0.2) is 4.79 Å². The van der Waals surface area contributed by atoms with Crippen LogP contribution in [-0.2, 0) is 14.3 Å². The van der Waals surface area contributed by atoms with E-state index in [1.165, 1.54) is 12.8 Å². The molecule has 0 amide bonds. The molecule has 0 aromatic carbocycles. The highest BCUT2D eigenvalue weighted by Crippen LogP contribution is 2.50. The number of carbonyl (C=O) groups is 2. The summed E-state index contributed by atoms with van der Waals surface area (Å²) in [7, 11) is 0. The molecule has 0 bridgehead atoms. The molecule has 3 nitrogen and oxygen atoms in total. The number of Topliss-reactive ketones (excluding diaryl/α,β-unsaturated/α-hetero) is 1. The predicted molar refractivity (Wildman–Crippen MR) is 67.6 cm³/mol. The van der Waals surface area contributed by atoms with E-state index < -0.39 is 5.97 Å². The summed E-state index contributed by atoms with van der Waals surface area (Å²) in [5.74, 6) is 6.64. The lowest BCUT2D eigenvalue weighted by Gasteiger charge is -2.38. The first-order chi connectivity index (χ1) is 8.74. The second kappa shape index (κ2) is 6.04. The summed E-state index contributed by atoms with van der Waals surface area (Å²) in [5, 5.41) is 0. The second-order valence-corrected chi connectivity index (χ2v) is 5.12. The van der Waals surface area contributed by atoms with Gasteiger partial charge in [-0.05, 0) is 38.5 Å². The topological polar surface area (TPSA) is 43.4 Å². The van der Waals surface area contributed by atoms with Gasteiger partial charge in [0.15, 0.2) is 0 Å². The number of esters is 1. The summed E-state index contributed by atoms with van der Waals surface area (Å²) in [5.41, 5.74) is 0. The van der Waals surface area contributed by atoms with Gasteiger partial charge in [0.1, 0.15) is 5.78 Å². The molecular weight excluding hydrogens is 228 g/mol. The molecule has 1 unspecified atom stereocenters. The van der Waals surface area contributed by atoms with Crippen LogP contribution in [0, 0.1) is 29.6 Å². The molecule has 2 rings (SSSR count). The summed E-state index contributed by atoms with van der Waals surface area (Å²) in [6, 6.07) is 0. The van der Waals surface area contributed by atoms with Crippen molar-refractivity contribution in [2.24, 2.45) is 17.8 Å². The number of hydrogen-bond acceptors (Lipinski definition) is 3. The maximum absolute atomic E-state index is 11.8. The molecule has 0 N–H and O–H groups in total. The van der Waals surface area contributed by atoms with Gasteiger partial charge in [-0.2, -0.15) is 0 Å². The highest BCUT2D eigenvalue weighted by atomic mass is 16.5. The third-order valence-corrected chi connectivity index (χ3v) is 4.10. The van der Waals surface area contributed by atoms with E-state index in [1.807, 2.05) is 0 Å². The zero-order valence-corrected chi connectivity index (χ0v) is 10.9. The van der Waals surface area contributed by atoms with Gasteiger partial charge in [0.2, 0.25) is 0 Å². The first-order valence-corrected chi connectivity index (χ1v) is 6.93. The van der Waals surface area contributed by atoms with E-state index in [-0.39, 0.29) is 0 Å². The predicted octanol–water partition coefficient (Wildman–Crippen LogP) is 2.34. The minimum absolute atomic E-state index is 0.293. The molecule has 0 heterocycles. The normalized spacial score (nSPS) is 28.9. The van der Waals surface area contributed by atoms with Crippen molar-refractivity contribution in [3.8, 4) is 11.8 Å². The molecule has 18 heavy (non-hydrogen) atoms. The fourth-order valence-electron chi connectivity index (χ4n) is 3.26. The summed E-state index contributed by atoms with van der Waals surface area (Å²) in [4.78, 5) is 22.7. The molecule has 2 saturated carbocycles. The molecule has 0 aliphatic heterocycles. The largest absolute Gasteiger partial charge is 0.456 e. The summed E-state index contributed by atoms with van der Waals surface area (Å²) < 4.78 is 4.71. The Morgan fingerprint density at radius 2 is 2.28 bits per heavy atom. The van der Waals surface area contributed by atoms with Crippen LogP contribution in [-0.4, -0.2) is 18.4 Å². The van der Waals surface area contributed by atoms with Gasteiger partial charge >= 0.3 is 5.97 Å². The Labute approximate surface area is 108 Å². The Balaban J connectivity index is 1.64. The SMILES string of the molecule is CCOC(=O)C#CCCCC1C(=O)[C@H]2CCC[C@@H]12. The van der Waals surface area contributed by atoms with Crippen LogP contribution in [0.5, 0.6) is 0 Å². The number of fused-ring (bicyclic) bond motifs is 1. The molecule has 3 atom stereocenters. The number of ether oxygens (including phenoxy) is 1. The van der Waals surface area contributed by atoms with E-state index in [4.69, 9.17) is 4.74 Å². The molecule has 3 heteroatoms. The molecule has 2 aliphatic carbocycles. The Morgan fingerprint density at radius 1 is 1.44 bits per heavy atom. The molecular formula is C15H20O3. The Kier molecular flexibility index (Phi) is 4.41. The lowest BCUT2D eigenvalue weighted by molar-refractivity contribution is -0.141. The average Bonchev–Trinajstić information content (AvgIpc) is 2.78. The highest BCUT2D eigenvalue weighted by Gasteiger charge is 2.50. The van der Waals surface area contributed by atoms with Crippen molar-refractivity contribution in [3.63, 3.8) is 0 Å². The van der Waals surface area contributed by atoms with Crippen molar-refractivity contribution in [1.82, 2.24) is 0 Å². The Hall–Kier alpha value is -1.30. The zero-order valence-electron chi connectivity index (χ0n) is 10.9. The van der Waals surface area contributed by atoms with Crippen LogP contribution in [0.15, 0.2) is 0 Å². The van der Waals surface area contributed by atoms with Crippen molar-refractivity contribution in [1.29, 1.82) is 0 Å². The van der Waals surface area contributed by atoms with E-state index >= 15 is 0 Å². The van der Waals surface area contributed by atoms with Crippen LogP contribution in [0.3, 0.4) is 0 Å². The maximum Gasteiger partial charge on any atom is 0.384 e. The number of carbonyl (C=O) groups excluding carboxylic acids is 2. The quantitative estimate of drug-likeness (QED) is 0.332. The van der Waals surface area contributed by atoms with E-state index in [2.05, 4.69) is 11.8 Å². The summed E-state index contributed by atoms with van der Waals surface area (Å²) >= 11 is 0. The first-order valence-electron chi connectivity index (χ1n) is 6.93. The smallest absolute Gasteiger partial charge is 0.384 e. The van der Waals surface area contributed by atoms with Gasteiger partial charge in [-0.1, -0.05) is 12.3 Å². The van der Waals surface area contributed by atoms with Gasteiger partial charge in [0.25, 0.3) is 0 Å². The summed E-state index contributed by atoms with van der Waals surface area (Å²) in [6.45, 7) is 2.13. The molecule has 0 aromatic rings. The van der Waals surface area contributed by atoms with Crippen molar-refractivity contribution < 1.29 is 14.3 Å². The van der Waals surface area contributed by atoms with Crippen LogP contribution in [0.2, 0.25) is 0 Å². The number of hydrogen-bond donors (Lipinski definition) is 0. The molecule has 0 radical (unpaired) electrons. The first kappa shape index (κ1) is 13.1. The van der Waals surface area contributed by atoms with Crippen LogP contribution < -0.4 is 0 Å². The fraction of sp³-hybridized carbons (Fsp3) is 0.733. The maximum atomic E-state index is 11.8. The van der Waals surface area contributed by atoms with Crippen molar-refractivity contribution in [3.05, 3.63) is 0 Å².